The van der Waals surface area contributed by atoms with E-state index in [0.717, 1.165) is 11.3 Å². The Balaban J connectivity index is 2.98. The molecule has 0 atom stereocenters. The second-order valence-corrected chi connectivity index (χ2v) is 2.83. The Morgan fingerprint density at radius 1 is 1.67 bits per heavy atom. The maximum Gasteiger partial charge on any atom is 0.207 e. The van der Waals surface area contributed by atoms with Gasteiger partial charge in [-0.1, -0.05) is 11.3 Å². The predicted octanol–water partition coefficient (Wildman–Crippen LogP) is 0.476. The van der Waals surface area contributed by atoms with Crippen LogP contribution in [0, 0.1) is 5.41 Å². The Bertz CT molecular complexity index is 231. The van der Waals surface area contributed by atoms with Crippen molar-refractivity contribution in [3.63, 3.8) is 0 Å². The highest BCUT2D eigenvalue weighted by molar-refractivity contribution is 7.17. The van der Waals surface area contributed by atoms with Gasteiger partial charge in [-0.15, -0.1) is 10.2 Å². The van der Waals surface area contributed by atoms with E-state index in [0.29, 0.717) is 9.47 Å². The molecule has 1 aromatic heterocycles. The van der Waals surface area contributed by atoms with E-state index in [2.05, 4.69) is 10.2 Å². The van der Waals surface area contributed by atoms with Gasteiger partial charge in [-0.05, 0) is 11.6 Å². The Labute approximate surface area is 60.2 Å². The molecule has 1 rings (SSSR count). The van der Waals surface area contributed by atoms with E-state index in [1.807, 2.05) is 0 Å². The monoisotopic (exact) mass is 162 g/mol. The van der Waals surface area contributed by atoms with Crippen molar-refractivity contribution in [1.29, 1.82) is 5.41 Å². The van der Waals surface area contributed by atoms with Gasteiger partial charge >= 0.3 is 0 Å². The summed E-state index contributed by atoms with van der Waals surface area (Å²) in [5.41, 5.74) is 5.06. The summed E-state index contributed by atoms with van der Waals surface area (Å²) < 4.78 is 0.306. The summed E-state index contributed by atoms with van der Waals surface area (Å²) in [4.78, 5) is 0. The standard InChI is InChI=1S/C3H3ClN4S/c4-3-8-7-2(9-3)1(5)6/h(H3,5,6). The molecule has 0 saturated heterocycles. The molecule has 0 radical (unpaired) electrons. The number of nitrogens with zero attached hydrogens (tertiary/aromatic N) is 2. The summed E-state index contributed by atoms with van der Waals surface area (Å²) in [5, 5.41) is 14.2. The van der Waals surface area contributed by atoms with Gasteiger partial charge in [0.2, 0.25) is 4.47 Å². The third-order valence-electron chi connectivity index (χ3n) is 0.631. The normalized spacial score (nSPS) is 9.44. The quantitative estimate of drug-likeness (QED) is 0.466. The fourth-order valence-electron chi connectivity index (χ4n) is 0.314. The van der Waals surface area contributed by atoms with Crippen LogP contribution in [0.5, 0.6) is 0 Å². The first-order chi connectivity index (χ1) is 4.20. The second-order valence-electron chi connectivity index (χ2n) is 1.27. The predicted molar refractivity (Wildman–Crippen MR) is 35.9 cm³/mol. The molecule has 48 valence electrons. The van der Waals surface area contributed by atoms with E-state index < -0.39 is 0 Å². The Kier molecular flexibility index (Phi) is 1.63. The van der Waals surface area contributed by atoms with E-state index in [9.17, 15) is 0 Å². The number of hydrogen-bond acceptors (Lipinski definition) is 4. The molecule has 0 fully saturated rings. The van der Waals surface area contributed by atoms with Crippen LogP contribution in [0.15, 0.2) is 0 Å². The molecule has 1 heterocycles. The van der Waals surface area contributed by atoms with E-state index in [4.69, 9.17) is 22.7 Å². The molecule has 0 aromatic carbocycles. The summed E-state index contributed by atoms with van der Waals surface area (Å²) in [6, 6.07) is 0. The van der Waals surface area contributed by atoms with Crippen LogP contribution in [0.2, 0.25) is 4.47 Å². The van der Waals surface area contributed by atoms with Crippen molar-refractivity contribution in [2.45, 2.75) is 0 Å². The van der Waals surface area contributed by atoms with Crippen molar-refractivity contribution in [1.82, 2.24) is 10.2 Å². The smallest absolute Gasteiger partial charge is 0.207 e. The number of nitrogen functional groups attached to an aromatic ring is 1. The van der Waals surface area contributed by atoms with E-state index >= 15 is 0 Å². The molecule has 0 aliphatic heterocycles. The zero-order chi connectivity index (χ0) is 6.85. The summed E-state index contributed by atoms with van der Waals surface area (Å²) in [6.45, 7) is 0. The number of amidine groups is 1. The Morgan fingerprint density at radius 3 is 2.56 bits per heavy atom. The maximum atomic E-state index is 6.88. The summed E-state index contributed by atoms with van der Waals surface area (Å²) in [6.07, 6.45) is 0. The lowest BCUT2D eigenvalue weighted by Crippen LogP contribution is -2.10. The van der Waals surface area contributed by atoms with Gasteiger partial charge in [0.1, 0.15) is 0 Å². The van der Waals surface area contributed by atoms with Gasteiger partial charge in [-0.25, -0.2) is 0 Å². The largest absolute Gasteiger partial charge is 0.382 e. The third-order valence-corrected chi connectivity index (χ3v) is 1.68. The molecule has 0 unspecified atom stereocenters. The first-order valence-corrected chi connectivity index (χ1v) is 3.23. The first kappa shape index (κ1) is 6.44. The number of hydrogen-bond donors (Lipinski definition) is 2. The van der Waals surface area contributed by atoms with Crippen LogP contribution in [0.3, 0.4) is 0 Å². The van der Waals surface area contributed by atoms with Crippen LogP contribution in [-0.4, -0.2) is 16.0 Å². The summed E-state index contributed by atoms with van der Waals surface area (Å²) in [5.74, 6) is -0.0978. The lowest BCUT2D eigenvalue weighted by Gasteiger charge is -1.81. The van der Waals surface area contributed by atoms with Gasteiger partial charge in [-0.3, -0.25) is 5.41 Å². The van der Waals surface area contributed by atoms with Gasteiger partial charge in [0, 0.05) is 0 Å². The molecular weight excluding hydrogens is 160 g/mol. The van der Waals surface area contributed by atoms with Gasteiger partial charge in [0.25, 0.3) is 0 Å². The fraction of sp³-hybridized carbons (Fsp3) is 0. The fourth-order valence-corrected chi connectivity index (χ4v) is 1.00. The SMILES string of the molecule is N=C(N)c1nnc(Cl)s1. The van der Waals surface area contributed by atoms with E-state index in [1.165, 1.54) is 0 Å². The molecule has 0 amide bonds. The third kappa shape index (κ3) is 1.36. The molecule has 0 aliphatic rings. The molecule has 3 N–H and O–H groups in total. The van der Waals surface area contributed by atoms with Gasteiger partial charge < -0.3 is 5.73 Å². The van der Waals surface area contributed by atoms with Crippen LogP contribution in [0.4, 0.5) is 0 Å². The minimum absolute atomic E-state index is 0.0978. The molecule has 9 heavy (non-hydrogen) atoms. The molecule has 1 aromatic rings. The highest BCUT2D eigenvalue weighted by atomic mass is 35.5. The van der Waals surface area contributed by atoms with Crippen molar-refractivity contribution >= 4 is 28.8 Å². The molecule has 0 spiro atoms. The number of nitrogens with one attached hydrogen (secondary N) is 1. The zero-order valence-electron chi connectivity index (χ0n) is 4.26. The topological polar surface area (TPSA) is 75.7 Å². The van der Waals surface area contributed by atoms with Crippen molar-refractivity contribution in [3.8, 4) is 0 Å². The van der Waals surface area contributed by atoms with E-state index in [-0.39, 0.29) is 5.84 Å². The lowest BCUT2D eigenvalue weighted by atomic mass is 10.7. The number of nitrogens with two attached hydrogens (primary N) is 1. The molecule has 6 heteroatoms. The van der Waals surface area contributed by atoms with Crippen LogP contribution in [0.1, 0.15) is 5.01 Å². The van der Waals surface area contributed by atoms with Crippen LogP contribution in [-0.2, 0) is 0 Å². The minimum Gasteiger partial charge on any atom is -0.382 e. The summed E-state index contributed by atoms with van der Waals surface area (Å²) >= 11 is 6.49. The number of halogens is 1. The minimum atomic E-state index is -0.0978. The average Bonchev–Trinajstić information content (AvgIpc) is 2.14. The molecule has 0 aliphatic carbocycles. The zero-order valence-corrected chi connectivity index (χ0v) is 5.83. The van der Waals surface area contributed by atoms with Gasteiger partial charge in [0.05, 0.1) is 0 Å². The van der Waals surface area contributed by atoms with Crippen molar-refractivity contribution < 1.29 is 0 Å². The van der Waals surface area contributed by atoms with Crippen molar-refractivity contribution in [2.24, 2.45) is 5.73 Å². The molecule has 0 bridgehead atoms. The maximum absolute atomic E-state index is 6.88. The second kappa shape index (κ2) is 2.28. The molecule has 4 nitrogen and oxygen atoms in total. The molecular formula is C3H3ClN4S. The van der Waals surface area contributed by atoms with Crippen LogP contribution < -0.4 is 5.73 Å². The number of rotatable bonds is 1. The Morgan fingerprint density at radius 2 is 2.33 bits per heavy atom. The molecule has 0 saturated carbocycles. The van der Waals surface area contributed by atoms with Gasteiger partial charge in [0.15, 0.2) is 10.8 Å². The Hall–Kier alpha value is -0.680. The average molecular weight is 163 g/mol. The summed E-state index contributed by atoms with van der Waals surface area (Å²) in [7, 11) is 0. The van der Waals surface area contributed by atoms with E-state index in [1.54, 1.807) is 0 Å². The van der Waals surface area contributed by atoms with Gasteiger partial charge in [-0.2, -0.15) is 0 Å². The van der Waals surface area contributed by atoms with Crippen molar-refractivity contribution in [2.75, 3.05) is 0 Å². The van der Waals surface area contributed by atoms with Crippen LogP contribution in [0.25, 0.3) is 0 Å². The highest BCUT2D eigenvalue weighted by Gasteiger charge is 2.02. The van der Waals surface area contributed by atoms with Crippen molar-refractivity contribution in [3.05, 3.63) is 9.47 Å². The lowest BCUT2D eigenvalue weighted by molar-refractivity contribution is 1.07. The van der Waals surface area contributed by atoms with Crippen LogP contribution >= 0.6 is 22.9 Å². The highest BCUT2D eigenvalue weighted by Crippen LogP contribution is 2.13. The first-order valence-electron chi connectivity index (χ1n) is 2.03. The number of aromatic nitrogens is 2.